The molecule has 1 aromatic carbocycles. The molecule has 0 radical (unpaired) electrons. The number of rotatable bonds is 4. The van der Waals surface area contributed by atoms with Gasteiger partial charge < -0.3 is 9.30 Å². The summed E-state index contributed by atoms with van der Waals surface area (Å²) in [5.41, 5.74) is 0.886. The summed E-state index contributed by atoms with van der Waals surface area (Å²) >= 11 is 1.32. The van der Waals surface area contributed by atoms with Crippen molar-refractivity contribution < 1.29 is 9.53 Å². The molecule has 0 amide bonds. The van der Waals surface area contributed by atoms with Crippen LogP contribution in [0.1, 0.15) is 10.8 Å². The molecule has 0 fully saturated rings. The van der Waals surface area contributed by atoms with Crippen LogP contribution in [0.2, 0.25) is 0 Å². The van der Waals surface area contributed by atoms with E-state index in [-0.39, 0.29) is 5.97 Å². The largest absolute Gasteiger partial charge is 0.468 e. The van der Waals surface area contributed by atoms with E-state index >= 15 is 0 Å². The maximum Gasteiger partial charge on any atom is 0.323 e. The summed E-state index contributed by atoms with van der Waals surface area (Å²) in [5, 5.41) is 8.00. The summed E-state index contributed by atoms with van der Waals surface area (Å²) < 4.78 is 6.61. The molecule has 2 aromatic rings. The number of nitrogens with zero attached hydrogens (tertiary/aromatic N) is 3. The van der Waals surface area contributed by atoms with Gasteiger partial charge in [-0.25, -0.2) is 0 Å². The Morgan fingerprint density at radius 1 is 1.39 bits per heavy atom. The molecule has 94 valence electrons. The minimum absolute atomic E-state index is 0.297. The van der Waals surface area contributed by atoms with Gasteiger partial charge in [-0.1, -0.05) is 42.1 Å². The standard InChI is InChI=1S/C12H13N3O2S/c1-15-8-13-14-12(15)18-10(11(16)17-2)9-6-4-3-5-7-9/h3-8,10H,1-2H3. The summed E-state index contributed by atoms with van der Waals surface area (Å²) in [6, 6.07) is 9.48. The monoisotopic (exact) mass is 263 g/mol. The van der Waals surface area contributed by atoms with Crippen molar-refractivity contribution in [2.45, 2.75) is 10.4 Å². The number of ether oxygens (including phenoxy) is 1. The lowest BCUT2D eigenvalue weighted by molar-refractivity contribution is -0.140. The lowest BCUT2D eigenvalue weighted by Gasteiger charge is -2.13. The average molecular weight is 263 g/mol. The second-order valence-corrected chi connectivity index (χ2v) is 4.73. The maximum absolute atomic E-state index is 11.8. The molecule has 1 aromatic heterocycles. The molecule has 18 heavy (non-hydrogen) atoms. The third kappa shape index (κ3) is 2.70. The maximum atomic E-state index is 11.8. The Morgan fingerprint density at radius 3 is 2.67 bits per heavy atom. The lowest BCUT2D eigenvalue weighted by Crippen LogP contribution is -2.12. The number of methoxy groups -OCH3 is 1. The molecule has 0 saturated carbocycles. The van der Waals surface area contributed by atoms with Gasteiger partial charge in [0.15, 0.2) is 5.16 Å². The Kier molecular flexibility index (Phi) is 3.99. The number of aromatic nitrogens is 3. The molecular formula is C12H13N3O2S. The van der Waals surface area contributed by atoms with Gasteiger partial charge in [0.05, 0.1) is 7.11 Å². The van der Waals surface area contributed by atoms with Crippen LogP contribution >= 0.6 is 11.8 Å². The number of esters is 1. The van der Waals surface area contributed by atoms with Gasteiger partial charge >= 0.3 is 5.97 Å². The van der Waals surface area contributed by atoms with E-state index in [0.29, 0.717) is 5.16 Å². The number of benzene rings is 1. The van der Waals surface area contributed by atoms with E-state index < -0.39 is 5.25 Å². The van der Waals surface area contributed by atoms with Crippen molar-refractivity contribution in [2.24, 2.45) is 7.05 Å². The van der Waals surface area contributed by atoms with Gasteiger partial charge in [-0.05, 0) is 5.56 Å². The molecule has 0 N–H and O–H groups in total. The Morgan fingerprint density at radius 2 is 2.11 bits per heavy atom. The van der Waals surface area contributed by atoms with Crippen molar-refractivity contribution in [3.8, 4) is 0 Å². The van der Waals surface area contributed by atoms with E-state index in [1.165, 1.54) is 18.9 Å². The molecule has 0 bridgehead atoms. The smallest absolute Gasteiger partial charge is 0.323 e. The molecule has 0 saturated heterocycles. The molecule has 5 nitrogen and oxygen atoms in total. The second-order valence-electron chi connectivity index (χ2n) is 3.66. The first kappa shape index (κ1) is 12.6. The SMILES string of the molecule is COC(=O)C(Sc1nncn1C)c1ccccc1. The van der Waals surface area contributed by atoms with E-state index in [4.69, 9.17) is 4.74 Å². The lowest BCUT2D eigenvalue weighted by atomic mass is 10.1. The minimum Gasteiger partial charge on any atom is -0.468 e. The highest BCUT2D eigenvalue weighted by molar-refractivity contribution is 8.00. The van der Waals surface area contributed by atoms with Gasteiger partial charge in [0.1, 0.15) is 11.6 Å². The second kappa shape index (κ2) is 5.68. The van der Waals surface area contributed by atoms with Crippen molar-refractivity contribution in [2.75, 3.05) is 7.11 Å². The molecule has 0 spiro atoms. The van der Waals surface area contributed by atoms with Crippen LogP contribution in [-0.4, -0.2) is 27.8 Å². The van der Waals surface area contributed by atoms with Gasteiger partial charge in [-0.15, -0.1) is 10.2 Å². The van der Waals surface area contributed by atoms with Crippen LogP contribution in [0, 0.1) is 0 Å². The predicted octanol–water partition coefficient (Wildman–Crippen LogP) is 1.82. The van der Waals surface area contributed by atoms with Gasteiger partial charge in [-0.3, -0.25) is 4.79 Å². The van der Waals surface area contributed by atoms with Crippen molar-refractivity contribution >= 4 is 17.7 Å². The van der Waals surface area contributed by atoms with Crippen molar-refractivity contribution in [3.05, 3.63) is 42.2 Å². The number of aryl methyl sites for hydroxylation is 1. The molecule has 6 heteroatoms. The van der Waals surface area contributed by atoms with E-state index in [0.717, 1.165) is 5.56 Å². The average Bonchev–Trinajstić information content (AvgIpc) is 2.81. The van der Waals surface area contributed by atoms with E-state index in [1.807, 2.05) is 37.4 Å². The highest BCUT2D eigenvalue weighted by Gasteiger charge is 2.24. The molecule has 0 aliphatic rings. The third-order valence-electron chi connectivity index (χ3n) is 2.41. The zero-order chi connectivity index (χ0) is 13.0. The molecule has 0 aliphatic carbocycles. The predicted molar refractivity (Wildman–Crippen MR) is 68.1 cm³/mol. The Bertz CT molecular complexity index is 527. The number of hydrogen-bond donors (Lipinski definition) is 0. The summed E-state index contributed by atoms with van der Waals surface area (Å²) in [7, 11) is 3.22. The summed E-state index contributed by atoms with van der Waals surface area (Å²) in [6.07, 6.45) is 1.60. The fourth-order valence-electron chi connectivity index (χ4n) is 1.47. The van der Waals surface area contributed by atoms with Crippen LogP contribution in [-0.2, 0) is 16.6 Å². The molecule has 1 unspecified atom stereocenters. The van der Waals surface area contributed by atoms with Crippen LogP contribution in [0.15, 0.2) is 41.8 Å². The van der Waals surface area contributed by atoms with Gasteiger partial charge in [0, 0.05) is 7.05 Å². The fraction of sp³-hybridized carbons (Fsp3) is 0.250. The number of carbonyl (C=O) groups excluding carboxylic acids is 1. The number of hydrogen-bond acceptors (Lipinski definition) is 5. The van der Waals surface area contributed by atoms with Gasteiger partial charge in [0.25, 0.3) is 0 Å². The summed E-state index contributed by atoms with van der Waals surface area (Å²) in [6.45, 7) is 0. The molecular weight excluding hydrogens is 250 g/mol. The zero-order valence-electron chi connectivity index (χ0n) is 10.1. The highest BCUT2D eigenvalue weighted by atomic mass is 32.2. The topological polar surface area (TPSA) is 57.0 Å². The number of thioether (sulfide) groups is 1. The first-order valence-corrected chi connectivity index (χ1v) is 6.23. The van der Waals surface area contributed by atoms with Crippen molar-refractivity contribution in [1.82, 2.24) is 14.8 Å². The Labute approximate surface area is 109 Å². The highest BCUT2D eigenvalue weighted by Crippen LogP contribution is 2.34. The van der Waals surface area contributed by atoms with Gasteiger partial charge in [-0.2, -0.15) is 0 Å². The van der Waals surface area contributed by atoms with Crippen molar-refractivity contribution in [1.29, 1.82) is 0 Å². The van der Waals surface area contributed by atoms with E-state index in [1.54, 1.807) is 10.9 Å². The van der Waals surface area contributed by atoms with E-state index in [2.05, 4.69) is 10.2 Å². The minimum atomic E-state index is -0.431. The summed E-state index contributed by atoms with van der Waals surface area (Å²) in [5.74, 6) is -0.297. The first-order chi connectivity index (χ1) is 8.72. The zero-order valence-corrected chi connectivity index (χ0v) is 10.9. The van der Waals surface area contributed by atoms with Gasteiger partial charge in [0.2, 0.25) is 0 Å². The molecule has 1 heterocycles. The number of carbonyl (C=O) groups is 1. The Hall–Kier alpha value is -1.82. The quantitative estimate of drug-likeness (QED) is 0.622. The Balaban J connectivity index is 2.27. The third-order valence-corrected chi connectivity index (χ3v) is 3.69. The fourth-order valence-corrected chi connectivity index (χ4v) is 2.48. The van der Waals surface area contributed by atoms with Crippen LogP contribution < -0.4 is 0 Å². The normalized spacial score (nSPS) is 12.1. The van der Waals surface area contributed by atoms with Crippen LogP contribution in [0.3, 0.4) is 0 Å². The van der Waals surface area contributed by atoms with Crippen LogP contribution in [0.25, 0.3) is 0 Å². The molecule has 0 aliphatic heterocycles. The van der Waals surface area contributed by atoms with Crippen LogP contribution in [0.4, 0.5) is 0 Å². The van der Waals surface area contributed by atoms with Crippen molar-refractivity contribution in [3.63, 3.8) is 0 Å². The molecule has 2 rings (SSSR count). The van der Waals surface area contributed by atoms with Crippen LogP contribution in [0.5, 0.6) is 0 Å². The summed E-state index contributed by atoms with van der Waals surface area (Å²) in [4.78, 5) is 11.8. The molecule has 1 atom stereocenters. The van der Waals surface area contributed by atoms with E-state index in [9.17, 15) is 4.79 Å². The first-order valence-electron chi connectivity index (χ1n) is 5.36.